The Morgan fingerprint density at radius 2 is 1.90 bits per heavy atom. The molecule has 7 heteroatoms. The van der Waals surface area contributed by atoms with Crippen LogP contribution in [0.4, 0.5) is 10.1 Å². The van der Waals surface area contributed by atoms with Gasteiger partial charge in [0.2, 0.25) is 0 Å². The molecule has 1 aromatic heterocycles. The lowest BCUT2D eigenvalue weighted by atomic mass is 10.1. The molecule has 0 aliphatic rings. The summed E-state index contributed by atoms with van der Waals surface area (Å²) < 4.78 is 13.1. The van der Waals surface area contributed by atoms with Crippen LogP contribution in [0.2, 0.25) is 10.0 Å². The van der Waals surface area contributed by atoms with Crippen LogP contribution in [0.3, 0.4) is 0 Å². The minimum atomic E-state index is -0.568. The number of amides is 1. The number of nitrogens with zero attached hydrogens (tertiary/aromatic N) is 1. The van der Waals surface area contributed by atoms with Gasteiger partial charge in [0.25, 0.3) is 5.91 Å². The number of fused-ring (bicyclic) bond motifs is 1. The molecule has 0 spiro atoms. The van der Waals surface area contributed by atoms with Crippen molar-refractivity contribution in [3.63, 3.8) is 0 Å². The zero-order chi connectivity index (χ0) is 15.0. The molecule has 2 aromatic carbocycles. The number of halogens is 3. The lowest BCUT2D eigenvalue weighted by Gasteiger charge is -2.09. The van der Waals surface area contributed by atoms with E-state index in [1.807, 2.05) is 0 Å². The first-order valence-electron chi connectivity index (χ1n) is 5.93. The second kappa shape index (κ2) is 5.35. The highest BCUT2D eigenvalue weighted by molar-refractivity contribution is 6.40. The summed E-state index contributed by atoms with van der Waals surface area (Å²) in [4.78, 5) is 12.2. The molecule has 0 unspecified atom stereocenters. The van der Waals surface area contributed by atoms with Gasteiger partial charge in [-0.1, -0.05) is 29.3 Å². The molecule has 0 atom stereocenters. The molecule has 0 aliphatic heterocycles. The molecule has 0 fully saturated rings. The number of hydrogen-bond donors (Lipinski definition) is 2. The Kier molecular flexibility index (Phi) is 3.53. The van der Waals surface area contributed by atoms with Crippen molar-refractivity contribution in [1.82, 2.24) is 10.2 Å². The fourth-order valence-corrected chi connectivity index (χ4v) is 2.48. The van der Waals surface area contributed by atoms with Crippen LogP contribution in [0.5, 0.6) is 0 Å². The van der Waals surface area contributed by atoms with Crippen LogP contribution in [0.15, 0.2) is 36.5 Å². The highest BCUT2D eigenvalue weighted by Gasteiger charge is 2.13. The van der Waals surface area contributed by atoms with Gasteiger partial charge in [-0.05, 0) is 24.3 Å². The van der Waals surface area contributed by atoms with Crippen molar-refractivity contribution in [2.24, 2.45) is 0 Å². The highest BCUT2D eigenvalue weighted by Crippen LogP contribution is 2.31. The summed E-state index contributed by atoms with van der Waals surface area (Å²) in [7, 11) is 0. The molecule has 3 rings (SSSR count). The summed E-state index contributed by atoms with van der Waals surface area (Å²) in [5.74, 6) is -0.969. The Labute approximate surface area is 128 Å². The standard InChI is InChI=1S/C14H8Cl2FN3O/c15-10-4-9(17)5-11(16)13(10)19-14(21)7-1-2-8-6-18-20-12(8)3-7/h1-6H,(H,18,20)(H,19,21). The van der Waals surface area contributed by atoms with Crippen LogP contribution in [-0.4, -0.2) is 16.1 Å². The van der Waals surface area contributed by atoms with Crippen LogP contribution in [0, 0.1) is 5.82 Å². The van der Waals surface area contributed by atoms with E-state index in [9.17, 15) is 9.18 Å². The highest BCUT2D eigenvalue weighted by atomic mass is 35.5. The predicted molar refractivity (Wildman–Crippen MR) is 80.5 cm³/mol. The minimum absolute atomic E-state index is 0.0379. The SMILES string of the molecule is O=C(Nc1c(Cl)cc(F)cc1Cl)c1ccc2cn[nH]c2c1. The van der Waals surface area contributed by atoms with Crippen molar-refractivity contribution in [3.8, 4) is 0 Å². The second-order valence-corrected chi connectivity index (χ2v) is 5.18. The van der Waals surface area contributed by atoms with Gasteiger partial charge in [-0.3, -0.25) is 9.89 Å². The lowest BCUT2D eigenvalue weighted by Crippen LogP contribution is -2.12. The number of nitrogens with one attached hydrogen (secondary N) is 2. The van der Waals surface area contributed by atoms with Gasteiger partial charge in [0.1, 0.15) is 5.82 Å². The van der Waals surface area contributed by atoms with Gasteiger partial charge in [-0.15, -0.1) is 0 Å². The average Bonchev–Trinajstić information content (AvgIpc) is 2.89. The summed E-state index contributed by atoms with van der Waals surface area (Å²) >= 11 is 11.8. The Bertz CT molecular complexity index is 824. The van der Waals surface area contributed by atoms with Gasteiger partial charge in [-0.2, -0.15) is 5.10 Å². The maximum Gasteiger partial charge on any atom is 0.255 e. The second-order valence-electron chi connectivity index (χ2n) is 4.37. The molecule has 106 valence electrons. The monoisotopic (exact) mass is 323 g/mol. The smallest absolute Gasteiger partial charge is 0.255 e. The predicted octanol–water partition coefficient (Wildman–Crippen LogP) is 4.26. The number of anilines is 1. The first-order chi connectivity index (χ1) is 10.0. The molecule has 0 saturated carbocycles. The van der Waals surface area contributed by atoms with Gasteiger partial charge in [0.05, 0.1) is 27.4 Å². The Balaban J connectivity index is 1.92. The number of carbonyl (C=O) groups excluding carboxylic acids is 1. The molecule has 2 N–H and O–H groups in total. The van der Waals surface area contributed by atoms with Crippen LogP contribution in [0.1, 0.15) is 10.4 Å². The molecule has 0 radical (unpaired) electrons. The lowest BCUT2D eigenvalue weighted by molar-refractivity contribution is 0.102. The van der Waals surface area contributed by atoms with Crippen LogP contribution in [-0.2, 0) is 0 Å². The van der Waals surface area contributed by atoms with E-state index in [1.165, 1.54) is 0 Å². The topological polar surface area (TPSA) is 57.8 Å². The van der Waals surface area contributed by atoms with Crippen LogP contribution in [0.25, 0.3) is 10.9 Å². The van der Waals surface area contributed by atoms with Gasteiger partial charge in [-0.25, -0.2) is 4.39 Å². The van der Waals surface area contributed by atoms with E-state index >= 15 is 0 Å². The molecule has 1 heterocycles. The van der Waals surface area contributed by atoms with Gasteiger partial charge < -0.3 is 5.32 Å². The molecular formula is C14H8Cl2FN3O. The molecule has 4 nitrogen and oxygen atoms in total. The van der Waals surface area contributed by atoms with Crippen molar-refractivity contribution in [2.45, 2.75) is 0 Å². The van der Waals surface area contributed by atoms with Crippen molar-refractivity contribution in [2.75, 3.05) is 5.32 Å². The summed E-state index contributed by atoms with van der Waals surface area (Å²) in [6, 6.07) is 7.24. The zero-order valence-corrected chi connectivity index (χ0v) is 12.0. The first-order valence-corrected chi connectivity index (χ1v) is 6.69. The normalized spacial score (nSPS) is 10.8. The van der Waals surface area contributed by atoms with E-state index < -0.39 is 11.7 Å². The Morgan fingerprint density at radius 3 is 2.62 bits per heavy atom. The van der Waals surface area contributed by atoms with Crippen molar-refractivity contribution >= 4 is 45.7 Å². The third-order valence-corrected chi connectivity index (χ3v) is 3.55. The van der Waals surface area contributed by atoms with Gasteiger partial charge in [0, 0.05) is 10.9 Å². The van der Waals surface area contributed by atoms with Crippen LogP contribution >= 0.6 is 23.2 Å². The molecule has 0 saturated heterocycles. The Morgan fingerprint density at radius 1 is 1.19 bits per heavy atom. The summed E-state index contributed by atoms with van der Waals surface area (Å²) in [5.41, 5.74) is 1.32. The maximum absolute atomic E-state index is 13.1. The summed E-state index contributed by atoms with van der Waals surface area (Å²) in [6.07, 6.45) is 1.66. The first kappa shape index (κ1) is 13.9. The van der Waals surface area contributed by atoms with E-state index in [0.717, 1.165) is 23.0 Å². The van der Waals surface area contributed by atoms with E-state index in [2.05, 4.69) is 15.5 Å². The number of rotatable bonds is 2. The summed E-state index contributed by atoms with van der Waals surface area (Å²) in [6.45, 7) is 0. The van der Waals surface area contributed by atoms with E-state index in [4.69, 9.17) is 23.2 Å². The number of aromatic amines is 1. The number of aromatic nitrogens is 2. The van der Waals surface area contributed by atoms with Gasteiger partial charge in [0.15, 0.2) is 0 Å². The molecule has 21 heavy (non-hydrogen) atoms. The number of benzene rings is 2. The maximum atomic E-state index is 13.1. The molecular weight excluding hydrogens is 316 g/mol. The molecule has 0 aliphatic carbocycles. The molecule has 1 amide bonds. The largest absolute Gasteiger partial charge is 0.319 e. The summed E-state index contributed by atoms with van der Waals surface area (Å²) in [5, 5.41) is 10.2. The molecule has 0 bridgehead atoms. The molecule has 3 aromatic rings. The van der Waals surface area contributed by atoms with Crippen molar-refractivity contribution in [1.29, 1.82) is 0 Å². The third-order valence-electron chi connectivity index (χ3n) is 2.95. The fraction of sp³-hybridized carbons (Fsp3) is 0. The van der Waals surface area contributed by atoms with Gasteiger partial charge >= 0.3 is 0 Å². The number of hydrogen-bond acceptors (Lipinski definition) is 2. The third kappa shape index (κ3) is 2.70. The average molecular weight is 324 g/mol. The fourth-order valence-electron chi connectivity index (χ4n) is 1.93. The van der Waals surface area contributed by atoms with Crippen LogP contribution < -0.4 is 5.32 Å². The quantitative estimate of drug-likeness (QED) is 0.740. The minimum Gasteiger partial charge on any atom is -0.319 e. The van der Waals surface area contributed by atoms with E-state index in [1.54, 1.807) is 24.4 Å². The Hall–Kier alpha value is -2.11. The zero-order valence-electron chi connectivity index (χ0n) is 10.5. The van der Waals surface area contributed by atoms with E-state index in [0.29, 0.717) is 5.56 Å². The number of carbonyl (C=O) groups is 1. The van der Waals surface area contributed by atoms with Crippen molar-refractivity contribution < 1.29 is 9.18 Å². The number of H-pyrrole nitrogens is 1. The van der Waals surface area contributed by atoms with E-state index in [-0.39, 0.29) is 15.7 Å². The van der Waals surface area contributed by atoms with Crippen molar-refractivity contribution in [3.05, 3.63) is 58.0 Å².